The van der Waals surface area contributed by atoms with Crippen LogP contribution in [0, 0.1) is 17.2 Å². The van der Waals surface area contributed by atoms with Crippen LogP contribution in [0.5, 0.6) is 0 Å². The van der Waals surface area contributed by atoms with Crippen molar-refractivity contribution in [3.8, 4) is 6.07 Å². The Bertz CT molecular complexity index is 638. The van der Waals surface area contributed by atoms with Crippen LogP contribution in [-0.4, -0.2) is 29.7 Å². The molecule has 1 aliphatic heterocycles. The van der Waals surface area contributed by atoms with Gasteiger partial charge >= 0.3 is 6.09 Å². The number of amides is 1. The molecule has 0 aromatic heterocycles. The van der Waals surface area contributed by atoms with Crippen LogP contribution in [0.2, 0.25) is 0 Å². The second-order valence-corrected chi connectivity index (χ2v) is 8.04. The Morgan fingerprint density at radius 2 is 2.12 bits per heavy atom. The second-order valence-electron chi connectivity index (χ2n) is 8.04. The zero-order chi connectivity index (χ0) is 17.9. The third kappa shape index (κ3) is 4.74. The Morgan fingerprint density at radius 1 is 1.42 bits per heavy atom. The predicted octanol–water partition coefficient (Wildman–Crippen LogP) is 4.48. The maximum absolute atomic E-state index is 12.2. The van der Waals surface area contributed by atoms with E-state index in [1.165, 1.54) is 5.56 Å². The van der Waals surface area contributed by atoms with Crippen molar-refractivity contribution in [2.24, 2.45) is 5.92 Å². The van der Waals surface area contributed by atoms with E-state index in [9.17, 15) is 10.1 Å². The Kier molecular flexibility index (Phi) is 5.54. The summed E-state index contributed by atoms with van der Waals surface area (Å²) < 4.78 is 5.46. The van der Waals surface area contributed by atoms with Crippen LogP contribution in [-0.2, 0) is 11.2 Å². The van der Waals surface area contributed by atoms with E-state index in [1.807, 2.05) is 32.9 Å². The van der Waals surface area contributed by atoms with Gasteiger partial charge in [0.15, 0.2) is 0 Å². The fourth-order valence-corrected chi connectivity index (χ4v) is 3.16. The van der Waals surface area contributed by atoms with Crippen molar-refractivity contribution in [1.82, 2.24) is 4.90 Å². The average molecular weight is 328 g/mol. The van der Waals surface area contributed by atoms with Crippen molar-refractivity contribution in [3.63, 3.8) is 0 Å². The van der Waals surface area contributed by atoms with Crippen LogP contribution in [0.25, 0.3) is 0 Å². The number of rotatable bonds is 3. The van der Waals surface area contributed by atoms with Crippen molar-refractivity contribution in [3.05, 3.63) is 34.9 Å². The Labute approximate surface area is 145 Å². The van der Waals surface area contributed by atoms with Crippen LogP contribution in [0.1, 0.15) is 63.6 Å². The summed E-state index contributed by atoms with van der Waals surface area (Å²) in [5.74, 6) is 0.784. The highest BCUT2D eigenvalue weighted by Crippen LogP contribution is 2.31. The lowest BCUT2D eigenvalue weighted by atomic mass is 9.90. The van der Waals surface area contributed by atoms with Gasteiger partial charge in [-0.2, -0.15) is 5.26 Å². The summed E-state index contributed by atoms with van der Waals surface area (Å²) >= 11 is 0. The van der Waals surface area contributed by atoms with Gasteiger partial charge in [-0.3, -0.25) is 0 Å². The molecule has 1 heterocycles. The topological polar surface area (TPSA) is 53.3 Å². The summed E-state index contributed by atoms with van der Waals surface area (Å²) in [5.41, 5.74) is 2.57. The van der Waals surface area contributed by atoms with Gasteiger partial charge in [-0.05, 0) is 56.7 Å². The molecule has 130 valence electrons. The minimum absolute atomic E-state index is 0.208. The summed E-state index contributed by atoms with van der Waals surface area (Å²) in [4.78, 5) is 14.0. The second kappa shape index (κ2) is 7.25. The van der Waals surface area contributed by atoms with E-state index in [-0.39, 0.29) is 12.0 Å². The smallest absolute Gasteiger partial charge is 0.410 e. The summed E-state index contributed by atoms with van der Waals surface area (Å²) in [6, 6.07) is 8.42. The summed E-state index contributed by atoms with van der Waals surface area (Å²) in [6.07, 6.45) is 1.61. The fourth-order valence-electron chi connectivity index (χ4n) is 3.16. The van der Waals surface area contributed by atoms with Crippen molar-refractivity contribution in [1.29, 1.82) is 5.26 Å². The molecule has 1 saturated heterocycles. The van der Waals surface area contributed by atoms with Gasteiger partial charge < -0.3 is 9.64 Å². The Balaban J connectivity index is 2.15. The molecule has 0 saturated carbocycles. The summed E-state index contributed by atoms with van der Waals surface area (Å²) in [7, 11) is 0. The van der Waals surface area contributed by atoms with Gasteiger partial charge in [0.2, 0.25) is 0 Å². The van der Waals surface area contributed by atoms with E-state index in [0.29, 0.717) is 19.0 Å². The van der Waals surface area contributed by atoms with Crippen molar-refractivity contribution in [2.45, 2.75) is 59.0 Å². The molecule has 1 aromatic rings. The highest BCUT2D eigenvalue weighted by molar-refractivity contribution is 5.68. The molecule has 1 unspecified atom stereocenters. The monoisotopic (exact) mass is 328 g/mol. The fraction of sp³-hybridized carbons (Fsp3) is 0.600. The van der Waals surface area contributed by atoms with Gasteiger partial charge in [-0.25, -0.2) is 4.79 Å². The third-order valence-electron chi connectivity index (χ3n) is 4.16. The van der Waals surface area contributed by atoms with Crippen LogP contribution in [0.4, 0.5) is 4.79 Å². The lowest BCUT2D eigenvalue weighted by Crippen LogP contribution is -2.35. The van der Waals surface area contributed by atoms with Crippen LogP contribution in [0.3, 0.4) is 0 Å². The number of benzene rings is 1. The lowest BCUT2D eigenvalue weighted by Gasteiger charge is -2.24. The first-order valence-electron chi connectivity index (χ1n) is 8.70. The van der Waals surface area contributed by atoms with Crippen molar-refractivity contribution >= 4 is 6.09 Å². The molecule has 0 N–H and O–H groups in total. The third-order valence-corrected chi connectivity index (χ3v) is 4.16. The maximum Gasteiger partial charge on any atom is 0.410 e. The zero-order valence-corrected chi connectivity index (χ0v) is 15.4. The number of nitrogens with zero attached hydrogens (tertiary/aromatic N) is 2. The zero-order valence-electron chi connectivity index (χ0n) is 15.4. The molecule has 1 amide bonds. The molecule has 1 aromatic carbocycles. The minimum atomic E-state index is -0.482. The maximum atomic E-state index is 12.2. The average Bonchev–Trinajstić information content (AvgIpc) is 2.94. The standard InChI is InChI=1S/C20H28N2O2/c1-14(2)10-15-6-7-16(12-21)18(11-15)17-8-9-22(13-17)19(23)24-20(3,4)5/h6-7,11,14,17H,8-10,13H2,1-5H3. The van der Waals surface area contributed by atoms with Crippen LogP contribution < -0.4 is 0 Å². The van der Waals surface area contributed by atoms with E-state index in [4.69, 9.17) is 4.74 Å². The number of likely N-dealkylation sites (tertiary alicyclic amines) is 1. The highest BCUT2D eigenvalue weighted by Gasteiger charge is 2.31. The predicted molar refractivity (Wildman–Crippen MR) is 94.9 cm³/mol. The van der Waals surface area contributed by atoms with Gasteiger partial charge in [0.05, 0.1) is 11.6 Å². The molecular weight excluding hydrogens is 300 g/mol. The number of carbonyl (C=O) groups excluding carboxylic acids is 1. The van der Waals surface area contributed by atoms with E-state index in [0.717, 1.165) is 24.0 Å². The molecule has 0 spiro atoms. The quantitative estimate of drug-likeness (QED) is 0.822. The van der Waals surface area contributed by atoms with E-state index >= 15 is 0 Å². The number of hydrogen-bond acceptors (Lipinski definition) is 3. The Hall–Kier alpha value is -2.02. The number of ether oxygens (including phenoxy) is 1. The summed E-state index contributed by atoms with van der Waals surface area (Å²) in [6.45, 7) is 11.3. The van der Waals surface area contributed by atoms with Crippen molar-refractivity contribution < 1.29 is 9.53 Å². The first-order valence-corrected chi connectivity index (χ1v) is 8.70. The van der Waals surface area contributed by atoms with E-state index in [2.05, 4.69) is 26.0 Å². The number of carbonyl (C=O) groups is 1. The van der Waals surface area contributed by atoms with Crippen molar-refractivity contribution in [2.75, 3.05) is 13.1 Å². The molecule has 0 bridgehead atoms. The molecule has 4 nitrogen and oxygen atoms in total. The molecular formula is C20H28N2O2. The van der Waals surface area contributed by atoms with Crippen LogP contribution in [0.15, 0.2) is 18.2 Å². The molecule has 0 aliphatic carbocycles. The van der Waals surface area contributed by atoms with Crippen LogP contribution >= 0.6 is 0 Å². The molecule has 2 rings (SSSR count). The molecule has 1 fully saturated rings. The lowest BCUT2D eigenvalue weighted by molar-refractivity contribution is 0.0292. The Morgan fingerprint density at radius 3 is 2.71 bits per heavy atom. The highest BCUT2D eigenvalue weighted by atomic mass is 16.6. The SMILES string of the molecule is CC(C)Cc1ccc(C#N)c(C2CCN(C(=O)OC(C)(C)C)C2)c1. The number of hydrogen-bond donors (Lipinski definition) is 0. The molecule has 1 atom stereocenters. The summed E-state index contributed by atoms with van der Waals surface area (Å²) in [5, 5.41) is 9.42. The van der Waals surface area contributed by atoms with Gasteiger partial charge in [0.1, 0.15) is 5.60 Å². The number of nitriles is 1. The van der Waals surface area contributed by atoms with Gasteiger partial charge in [-0.1, -0.05) is 26.0 Å². The van der Waals surface area contributed by atoms with E-state index in [1.54, 1.807) is 4.90 Å². The van der Waals surface area contributed by atoms with Gasteiger partial charge in [-0.15, -0.1) is 0 Å². The van der Waals surface area contributed by atoms with E-state index < -0.39 is 5.60 Å². The normalized spacial score (nSPS) is 17.9. The molecule has 1 aliphatic rings. The van der Waals surface area contributed by atoms with Gasteiger partial charge in [0.25, 0.3) is 0 Å². The minimum Gasteiger partial charge on any atom is -0.444 e. The first kappa shape index (κ1) is 18.3. The van der Waals surface area contributed by atoms with Gasteiger partial charge in [0, 0.05) is 19.0 Å². The largest absolute Gasteiger partial charge is 0.444 e. The molecule has 24 heavy (non-hydrogen) atoms. The molecule has 0 radical (unpaired) electrons. The first-order chi connectivity index (χ1) is 11.2. The molecule has 4 heteroatoms.